The van der Waals surface area contributed by atoms with Gasteiger partial charge in [0.15, 0.2) is 5.76 Å². The molecular formula is C18H22N2O2. The van der Waals surface area contributed by atoms with E-state index in [1.807, 2.05) is 26.0 Å². The highest BCUT2D eigenvalue weighted by Crippen LogP contribution is 2.19. The lowest BCUT2D eigenvalue weighted by molar-refractivity contribution is 0.0925. The van der Waals surface area contributed by atoms with E-state index in [0.29, 0.717) is 11.8 Å². The fourth-order valence-electron chi connectivity index (χ4n) is 2.93. The van der Waals surface area contributed by atoms with Crippen LogP contribution in [0.15, 0.2) is 39.9 Å². The Labute approximate surface area is 130 Å². The fourth-order valence-corrected chi connectivity index (χ4v) is 2.93. The zero-order chi connectivity index (χ0) is 15.5. The van der Waals surface area contributed by atoms with Gasteiger partial charge < -0.3 is 4.42 Å². The van der Waals surface area contributed by atoms with Gasteiger partial charge in [-0.25, -0.2) is 0 Å². The van der Waals surface area contributed by atoms with E-state index >= 15 is 0 Å². The van der Waals surface area contributed by atoms with Gasteiger partial charge in [0.2, 0.25) is 0 Å². The molecule has 4 nitrogen and oxygen atoms in total. The molecule has 0 spiro atoms. The van der Waals surface area contributed by atoms with Crippen LogP contribution in [0.2, 0.25) is 0 Å². The second kappa shape index (κ2) is 6.34. The quantitative estimate of drug-likeness (QED) is 0.850. The van der Waals surface area contributed by atoms with Crippen LogP contribution < -0.4 is 5.49 Å². The molecule has 2 aromatic heterocycles. The van der Waals surface area contributed by atoms with Crippen molar-refractivity contribution in [3.8, 4) is 0 Å². The zero-order valence-corrected chi connectivity index (χ0v) is 13.2. The van der Waals surface area contributed by atoms with Crippen molar-refractivity contribution in [2.75, 3.05) is 0 Å². The largest absolute Gasteiger partial charge is 0.456 e. The van der Waals surface area contributed by atoms with E-state index in [4.69, 9.17) is 9.41 Å². The van der Waals surface area contributed by atoms with E-state index in [0.717, 1.165) is 29.7 Å². The Morgan fingerprint density at radius 3 is 2.64 bits per heavy atom. The lowest BCUT2D eigenvalue weighted by atomic mass is 9.96. The second-order valence-electron chi connectivity index (χ2n) is 6.07. The molecule has 1 fully saturated rings. The summed E-state index contributed by atoms with van der Waals surface area (Å²) < 4.78 is 7.06. The number of carbonyl (C=O) groups excluding carboxylic acids is 1. The molecule has 1 aliphatic carbocycles. The highest BCUT2D eigenvalue weighted by molar-refractivity contribution is 5.93. The van der Waals surface area contributed by atoms with Gasteiger partial charge in [0.25, 0.3) is 5.91 Å². The van der Waals surface area contributed by atoms with Gasteiger partial charge in [-0.3, -0.25) is 14.4 Å². The molecule has 0 radical (unpaired) electrons. The summed E-state index contributed by atoms with van der Waals surface area (Å²) in [6.07, 6.45) is 7.77. The third kappa shape index (κ3) is 3.21. The Hall–Kier alpha value is -2.10. The number of pyridine rings is 1. The molecule has 0 atom stereocenters. The number of rotatable bonds is 2. The number of aryl methyl sites for hydroxylation is 2. The molecule has 2 heterocycles. The van der Waals surface area contributed by atoms with Gasteiger partial charge in [0, 0.05) is 6.20 Å². The summed E-state index contributed by atoms with van der Waals surface area (Å²) in [6, 6.07) is 7.75. The first-order valence-corrected chi connectivity index (χ1v) is 7.98. The molecule has 0 aromatic carbocycles. The molecule has 1 saturated carbocycles. The van der Waals surface area contributed by atoms with Crippen LogP contribution in [-0.4, -0.2) is 16.5 Å². The minimum Gasteiger partial charge on any atom is -0.456 e. The minimum atomic E-state index is -0.164. The SMILES string of the molecule is Cc1ccn(C(=O)c2ccc(C)o2)c(=NC2CCCCC2)c1. The molecule has 0 amide bonds. The second-order valence-corrected chi connectivity index (χ2v) is 6.07. The van der Waals surface area contributed by atoms with Crippen LogP contribution in [0.3, 0.4) is 0 Å². The van der Waals surface area contributed by atoms with E-state index in [2.05, 4.69) is 0 Å². The molecule has 2 aromatic rings. The smallest absolute Gasteiger partial charge is 0.299 e. The molecule has 0 N–H and O–H groups in total. The Kier molecular flexibility index (Phi) is 4.27. The van der Waals surface area contributed by atoms with Crippen molar-refractivity contribution in [3.05, 3.63) is 53.0 Å². The first-order valence-electron chi connectivity index (χ1n) is 7.98. The number of nitrogens with zero attached hydrogens (tertiary/aromatic N) is 2. The lowest BCUT2D eigenvalue weighted by Crippen LogP contribution is -2.29. The van der Waals surface area contributed by atoms with E-state index < -0.39 is 0 Å². The van der Waals surface area contributed by atoms with Crippen molar-refractivity contribution >= 4 is 5.91 Å². The number of hydrogen-bond acceptors (Lipinski definition) is 3. The minimum absolute atomic E-state index is 0.164. The molecule has 0 aliphatic heterocycles. The van der Waals surface area contributed by atoms with Gasteiger partial charge >= 0.3 is 0 Å². The van der Waals surface area contributed by atoms with Gasteiger partial charge in [-0.1, -0.05) is 19.3 Å². The highest BCUT2D eigenvalue weighted by atomic mass is 16.3. The summed E-state index contributed by atoms with van der Waals surface area (Å²) in [5.74, 6) is 0.927. The fraction of sp³-hybridized carbons (Fsp3) is 0.444. The van der Waals surface area contributed by atoms with Crippen LogP contribution in [0, 0.1) is 13.8 Å². The Balaban J connectivity index is 2.00. The zero-order valence-electron chi connectivity index (χ0n) is 13.2. The van der Waals surface area contributed by atoms with Gasteiger partial charge in [-0.2, -0.15) is 0 Å². The van der Waals surface area contributed by atoms with Gasteiger partial charge in [-0.05, 0) is 56.5 Å². The van der Waals surface area contributed by atoms with Crippen LogP contribution in [0.4, 0.5) is 0 Å². The summed E-state index contributed by atoms with van der Waals surface area (Å²) in [5, 5.41) is 0. The highest BCUT2D eigenvalue weighted by Gasteiger charge is 2.15. The van der Waals surface area contributed by atoms with Crippen LogP contribution in [-0.2, 0) is 0 Å². The average Bonchev–Trinajstić information content (AvgIpc) is 2.94. The molecular weight excluding hydrogens is 276 g/mol. The molecule has 0 bridgehead atoms. The third-order valence-corrected chi connectivity index (χ3v) is 4.15. The van der Waals surface area contributed by atoms with E-state index in [9.17, 15) is 4.79 Å². The summed E-state index contributed by atoms with van der Waals surface area (Å²) in [4.78, 5) is 17.5. The van der Waals surface area contributed by atoms with Crippen molar-refractivity contribution in [2.24, 2.45) is 4.99 Å². The van der Waals surface area contributed by atoms with Crippen LogP contribution >= 0.6 is 0 Å². The first kappa shape index (κ1) is 14.8. The standard InChI is InChI=1S/C18H22N2O2/c1-13-10-11-20(18(21)16-9-8-14(2)22-16)17(12-13)19-15-6-4-3-5-7-15/h8-12,15H,3-7H2,1-2H3. The summed E-state index contributed by atoms with van der Waals surface area (Å²) in [6.45, 7) is 3.86. The van der Waals surface area contributed by atoms with Gasteiger partial charge in [0.05, 0.1) is 6.04 Å². The Morgan fingerprint density at radius 2 is 1.95 bits per heavy atom. The van der Waals surface area contributed by atoms with Crippen molar-refractivity contribution in [1.82, 2.24) is 4.57 Å². The molecule has 1 aliphatic rings. The van der Waals surface area contributed by atoms with E-state index in [1.165, 1.54) is 19.3 Å². The lowest BCUT2D eigenvalue weighted by Gasteiger charge is -2.17. The van der Waals surface area contributed by atoms with E-state index in [1.54, 1.807) is 22.9 Å². The molecule has 0 unspecified atom stereocenters. The number of carbonyl (C=O) groups is 1. The molecule has 3 rings (SSSR count). The summed E-state index contributed by atoms with van der Waals surface area (Å²) >= 11 is 0. The maximum Gasteiger partial charge on any atom is 0.299 e. The van der Waals surface area contributed by atoms with Crippen LogP contribution in [0.5, 0.6) is 0 Å². The van der Waals surface area contributed by atoms with Crippen LogP contribution in [0.25, 0.3) is 0 Å². The van der Waals surface area contributed by atoms with Crippen molar-refractivity contribution < 1.29 is 9.21 Å². The maximum atomic E-state index is 12.6. The third-order valence-electron chi connectivity index (χ3n) is 4.15. The Morgan fingerprint density at radius 1 is 1.18 bits per heavy atom. The number of furan rings is 1. The van der Waals surface area contributed by atoms with E-state index in [-0.39, 0.29) is 5.91 Å². The summed E-state index contributed by atoms with van der Waals surface area (Å²) in [7, 11) is 0. The molecule has 116 valence electrons. The van der Waals surface area contributed by atoms with Gasteiger partial charge in [0.1, 0.15) is 11.2 Å². The topological polar surface area (TPSA) is 47.5 Å². The Bertz CT molecular complexity index is 734. The number of hydrogen-bond donors (Lipinski definition) is 0. The average molecular weight is 298 g/mol. The normalized spacial score (nSPS) is 16.9. The van der Waals surface area contributed by atoms with Crippen LogP contribution in [0.1, 0.15) is 54.0 Å². The maximum absolute atomic E-state index is 12.6. The monoisotopic (exact) mass is 298 g/mol. The van der Waals surface area contributed by atoms with Gasteiger partial charge in [-0.15, -0.1) is 0 Å². The predicted octanol–water partition coefficient (Wildman–Crippen LogP) is 3.62. The summed E-state index contributed by atoms with van der Waals surface area (Å²) in [5.41, 5.74) is 1.83. The van der Waals surface area contributed by atoms with Crippen molar-refractivity contribution in [2.45, 2.75) is 52.0 Å². The predicted molar refractivity (Wildman–Crippen MR) is 84.8 cm³/mol. The molecule has 0 saturated heterocycles. The molecule has 4 heteroatoms. The first-order chi connectivity index (χ1) is 10.6. The molecule has 22 heavy (non-hydrogen) atoms. The van der Waals surface area contributed by atoms with Crippen molar-refractivity contribution in [3.63, 3.8) is 0 Å². The van der Waals surface area contributed by atoms with Crippen molar-refractivity contribution in [1.29, 1.82) is 0 Å². The number of aromatic nitrogens is 1.